The van der Waals surface area contributed by atoms with Crippen molar-refractivity contribution >= 4 is 17.3 Å². The Morgan fingerprint density at radius 1 is 1.53 bits per heavy atom. The number of methoxy groups -OCH3 is 1. The Morgan fingerprint density at radius 3 is 2.88 bits per heavy atom. The SMILES string of the molecule is COCCN(c1cc(C)ncc1CCl)C1CC1. The maximum absolute atomic E-state index is 5.99. The quantitative estimate of drug-likeness (QED) is 0.730. The smallest absolute Gasteiger partial charge is 0.0637 e. The van der Waals surface area contributed by atoms with Crippen molar-refractivity contribution in [3.8, 4) is 0 Å². The third kappa shape index (κ3) is 3.11. The van der Waals surface area contributed by atoms with Gasteiger partial charge in [-0.05, 0) is 25.8 Å². The number of hydrogen-bond acceptors (Lipinski definition) is 3. The topological polar surface area (TPSA) is 25.4 Å². The molecule has 0 radical (unpaired) electrons. The number of halogens is 1. The zero-order valence-electron chi connectivity index (χ0n) is 10.4. The summed E-state index contributed by atoms with van der Waals surface area (Å²) in [7, 11) is 1.74. The predicted octanol–water partition coefficient (Wildman–Crippen LogP) is 2.74. The summed E-state index contributed by atoms with van der Waals surface area (Å²) < 4.78 is 5.19. The summed E-state index contributed by atoms with van der Waals surface area (Å²) in [4.78, 5) is 6.72. The number of hydrogen-bond donors (Lipinski definition) is 0. The molecule has 1 saturated carbocycles. The largest absolute Gasteiger partial charge is 0.383 e. The van der Waals surface area contributed by atoms with Crippen LogP contribution in [0.5, 0.6) is 0 Å². The normalized spacial score (nSPS) is 15.0. The van der Waals surface area contributed by atoms with Gasteiger partial charge in [0.15, 0.2) is 0 Å². The molecule has 0 amide bonds. The lowest BCUT2D eigenvalue weighted by Gasteiger charge is -2.26. The van der Waals surface area contributed by atoms with Gasteiger partial charge in [-0.2, -0.15) is 0 Å². The summed E-state index contributed by atoms with van der Waals surface area (Å²) in [6.07, 6.45) is 4.43. The highest BCUT2D eigenvalue weighted by Crippen LogP contribution is 2.34. The molecule has 0 unspecified atom stereocenters. The van der Waals surface area contributed by atoms with Crippen LogP contribution >= 0.6 is 11.6 Å². The summed E-state index contributed by atoms with van der Waals surface area (Å²) in [5.41, 5.74) is 3.38. The molecule has 1 fully saturated rings. The number of alkyl halides is 1. The standard InChI is InChI=1S/C13H19ClN2O/c1-10-7-13(11(8-14)9-15-10)16(5-6-17-2)12-3-4-12/h7,9,12H,3-6,8H2,1-2H3. The first-order valence-electron chi connectivity index (χ1n) is 6.03. The van der Waals surface area contributed by atoms with E-state index in [4.69, 9.17) is 16.3 Å². The Balaban J connectivity index is 2.23. The van der Waals surface area contributed by atoms with Gasteiger partial charge in [0.25, 0.3) is 0 Å². The van der Waals surface area contributed by atoms with Crippen molar-refractivity contribution in [2.75, 3.05) is 25.2 Å². The molecule has 0 saturated heterocycles. The molecule has 0 aliphatic heterocycles. The summed E-state index contributed by atoms with van der Waals surface area (Å²) in [6.45, 7) is 3.69. The molecule has 4 heteroatoms. The van der Waals surface area contributed by atoms with Crippen molar-refractivity contribution in [3.05, 3.63) is 23.5 Å². The second kappa shape index (κ2) is 5.69. The van der Waals surface area contributed by atoms with E-state index in [1.807, 2.05) is 13.1 Å². The molecular weight excluding hydrogens is 236 g/mol. The number of rotatable bonds is 6. The molecule has 1 aromatic heterocycles. The van der Waals surface area contributed by atoms with Gasteiger partial charge in [-0.3, -0.25) is 4.98 Å². The molecule has 1 aliphatic carbocycles. The molecule has 0 aromatic carbocycles. The van der Waals surface area contributed by atoms with E-state index < -0.39 is 0 Å². The average molecular weight is 255 g/mol. The third-order valence-corrected chi connectivity index (χ3v) is 3.36. The van der Waals surface area contributed by atoms with Gasteiger partial charge in [-0.25, -0.2) is 0 Å². The van der Waals surface area contributed by atoms with Crippen molar-refractivity contribution < 1.29 is 4.74 Å². The fraction of sp³-hybridized carbons (Fsp3) is 0.615. The maximum Gasteiger partial charge on any atom is 0.0637 e. The molecule has 1 heterocycles. The lowest BCUT2D eigenvalue weighted by molar-refractivity contribution is 0.205. The first-order valence-corrected chi connectivity index (χ1v) is 6.56. The molecule has 0 spiro atoms. The van der Waals surface area contributed by atoms with Crippen molar-refractivity contribution in [1.29, 1.82) is 0 Å². The van der Waals surface area contributed by atoms with Crippen LogP contribution in [0.1, 0.15) is 24.1 Å². The van der Waals surface area contributed by atoms with E-state index in [0.717, 1.165) is 24.4 Å². The molecule has 2 rings (SSSR count). The van der Waals surface area contributed by atoms with Crippen LogP contribution in [0.2, 0.25) is 0 Å². The molecule has 1 aliphatic rings. The fourth-order valence-corrected chi connectivity index (χ4v) is 2.23. The number of aryl methyl sites for hydroxylation is 1. The molecule has 17 heavy (non-hydrogen) atoms. The lowest BCUT2D eigenvalue weighted by atomic mass is 10.2. The lowest BCUT2D eigenvalue weighted by Crippen LogP contribution is -2.30. The zero-order valence-corrected chi connectivity index (χ0v) is 11.2. The Bertz CT molecular complexity index is 380. The van der Waals surface area contributed by atoms with Crippen LogP contribution in [0, 0.1) is 6.92 Å². The van der Waals surface area contributed by atoms with Gasteiger partial charge >= 0.3 is 0 Å². The Hall–Kier alpha value is -0.800. The average Bonchev–Trinajstić information content (AvgIpc) is 3.14. The minimum absolute atomic E-state index is 0.513. The maximum atomic E-state index is 5.99. The van der Waals surface area contributed by atoms with Crippen LogP contribution in [0.3, 0.4) is 0 Å². The first kappa shape index (κ1) is 12.7. The van der Waals surface area contributed by atoms with Crippen LogP contribution in [0.25, 0.3) is 0 Å². The van der Waals surface area contributed by atoms with Gasteiger partial charge < -0.3 is 9.64 Å². The Labute approximate surface area is 108 Å². The van der Waals surface area contributed by atoms with E-state index >= 15 is 0 Å². The second-order valence-corrected chi connectivity index (χ2v) is 4.77. The van der Waals surface area contributed by atoms with Gasteiger partial charge in [0.1, 0.15) is 0 Å². The van der Waals surface area contributed by atoms with Crippen molar-refractivity contribution in [3.63, 3.8) is 0 Å². The molecule has 0 atom stereocenters. The highest BCUT2D eigenvalue weighted by molar-refractivity contribution is 6.17. The minimum atomic E-state index is 0.513. The molecule has 3 nitrogen and oxygen atoms in total. The molecule has 1 aromatic rings. The Morgan fingerprint density at radius 2 is 2.29 bits per heavy atom. The Kier molecular flexibility index (Phi) is 4.24. The summed E-state index contributed by atoms with van der Waals surface area (Å²) in [5.74, 6) is 0.513. The van der Waals surface area contributed by atoms with Gasteiger partial charge in [0.2, 0.25) is 0 Å². The number of ether oxygens (including phenoxy) is 1. The van der Waals surface area contributed by atoms with Gasteiger partial charge in [0.05, 0.1) is 12.5 Å². The highest BCUT2D eigenvalue weighted by atomic mass is 35.5. The summed E-state index contributed by atoms with van der Waals surface area (Å²) in [6, 6.07) is 2.79. The van der Waals surface area contributed by atoms with Crippen molar-refractivity contribution in [2.45, 2.75) is 31.7 Å². The number of anilines is 1. The van der Waals surface area contributed by atoms with Crippen molar-refractivity contribution in [1.82, 2.24) is 4.98 Å². The molecule has 0 bridgehead atoms. The van der Waals surface area contributed by atoms with Crippen LogP contribution < -0.4 is 4.90 Å². The molecule has 0 N–H and O–H groups in total. The van der Waals surface area contributed by atoms with E-state index in [9.17, 15) is 0 Å². The number of nitrogens with zero attached hydrogens (tertiary/aromatic N) is 2. The van der Waals surface area contributed by atoms with E-state index in [2.05, 4.69) is 16.0 Å². The molecule has 94 valence electrons. The van der Waals surface area contributed by atoms with E-state index in [1.165, 1.54) is 18.5 Å². The number of aromatic nitrogens is 1. The van der Waals surface area contributed by atoms with E-state index in [1.54, 1.807) is 7.11 Å². The predicted molar refractivity (Wildman–Crippen MR) is 70.8 cm³/mol. The third-order valence-electron chi connectivity index (χ3n) is 3.08. The van der Waals surface area contributed by atoms with Crippen LogP contribution in [-0.4, -0.2) is 31.3 Å². The number of pyridine rings is 1. The second-order valence-electron chi connectivity index (χ2n) is 4.51. The molecular formula is C13H19ClN2O. The highest BCUT2D eigenvalue weighted by Gasteiger charge is 2.30. The summed E-state index contributed by atoms with van der Waals surface area (Å²) >= 11 is 5.99. The summed E-state index contributed by atoms with van der Waals surface area (Å²) in [5, 5.41) is 0. The van der Waals surface area contributed by atoms with E-state index in [-0.39, 0.29) is 0 Å². The van der Waals surface area contributed by atoms with Crippen molar-refractivity contribution in [2.24, 2.45) is 0 Å². The van der Waals surface area contributed by atoms with Crippen LogP contribution in [0.4, 0.5) is 5.69 Å². The van der Waals surface area contributed by atoms with Gasteiger partial charge in [-0.15, -0.1) is 11.6 Å². The fourth-order valence-electron chi connectivity index (χ4n) is 2.02. The monoisotopic (exact) mass is 254 g/mol. The van der Waals surface area contributed by atoms with Gasteiger partial charge in [0, 0.05) is 42.8 Å². The van der Waals surface area contributed by atoms with Crippen LogP contribution in [-0.2, 0) is 10.6 Å². The van der Waals surface area contributed by atoms with E-state index in [0.29, 0.717) is 11.9 Å². The van der Waals surface area contributed by atoms with Crippen LogP contribution in [0.15, 0.2) is 12.3 Å². The van der Waals surface area contributed by atoms with Gasteiger partial charge in [-0.1, -0.05) is 0 Å². The minimum Gasteiger partial charge on any atom is -0.383 e. The zero-order chi connectivity index (χ0) is 12.3. The first-order chi connectivity index (χ1) is 8.26.